The highest BCUT2D eigenvalue weighted by molar-refractivity contribution is 5.95. The number of benzene rings is 1. The van der Waals surface area contributed by atoms with Crippen molar-refractivity contribution in [1.29, 1.82) is 0 Å². The topological polar surface area (TPSA) is 44.4 Å². The lowest BCUT2D eigenvalue weighted by molar-refractivity contribution is -0.118. The van der Waals surface area contributed by atoms with Crippen LogP contribution in [-0.2, 0) is 4.79 Å². The minimum Gasteiger partial charge on any atom is -0.370 e. The number of hydrogen-bond donors (Lipinski definition) is 2. The summed E-state index contributed by atoms with van der Waals surface area (Å²) < 4.78 is 14.1. The molecule has 2 N–H and O–H groups in total. The van der Waals surface area contributed by atoms with E-state index in [4.69, 9.17) is 0 Å². The number of amides is 1. The summed E-state index contributed by atoms with van der Waals surface area (Å²) in [5, 5.41) is 5.97. The van der Waals surface area contributed by atoms with Gasteiger partial charge in [0.15, 0.2) is 0 Å². The summed E-state index contributed by atoms with van der Waals surface area (Å²) in [6.07, 6.45) is 2.99. The van der Waals surface area contributed by atoms with E-state index in [1.807, 2.05) is 25.8 Å². The Hall–Kier alpha value is -1.62. The fourth-order valence-corrected chi connectivity index (χ4v) is 2.45. The fraction of sp³-hybridized carbons (Fsp3) is 0.562. The van der Waals surface area contributed by atoms with Crippen molar-refractivity contribution in [3.63, 3.8) is 0 Å². The highest BCUT2D eigenvalue weighted by Gasteiger charge is 2.21. The standard InChI is InChI=1S/C16H24FN3O/c1-11(2)20(3)15-8-7-12(10-13(15)17)19-16(21)14-6-4-5-9-18-14/h7-8,10-11,14,18H,4-6,9H2,1-3H3,(H,19,21)/t14-/m0/s1. The normalized spacial score (nSPS) is 18.6. The van der Waals surface area contributed by atoms with Crippen LogP contribution in [0.2, 0.25) is 0 Å². The molecule has 0 bridgehead atoms. The van der Waals surface area contributed by atoms with E-state index in [-0.39, 0.29) is 23.8 Å². The van der Waals surface area contributed by atoms with Crippen LogP contribution in [0.1, 0.15) is 33.1 Å². The van der Waals surface area contributed by atoms with E-state index in [1.54, 1.807) is 12.1 Å². The van der Waals surface area contributed by atoms with Gasteiger partial charge in [0.2, 0.25) is 5.91 Å². The van der Waals surface area contributed by atoms with Gasteiger partial charge in [0.1, 0.15) is 5.82 Å². The Morgan fingerprint density at radius 1 is 1.43 bits per heavy atom. The zero-order chi connectivity index (χ0) is 15.4. The number of carbonyl (C=O) groups is 1. The van der Waals surface area contributed by atoms with Gasteiger partial charge in [-0.15, -0.1) is 0 Å². The lowest BCUT2D eigenvalue weighted by atomic mass is 10.0. The van der Waals surface area contributed by atoms with E-state index in [0.29, 0.717) is 11.4 Å². The third-order valence-electron chi connectivity index (χ3n) is 4.00. The SMILES string of the molecule is CC(C)N(C)c1ccc(NC(=O)[C@@H]2CCCCN2)cc1F. The van der Waals surface area contributed by atoms with Crippen molar-refractivity contribution in [2.24, 2.45) is 0 Å². The van der Waals surface area contributed by atoms with Crippen molar-refractivity contribution in [3.05, 3.63) is 24.0 Å². The van der Waals surface area contributed by atoms with Gasteiger partial charge in [0.05, 0.1) is 11.7 Å². The number of rotatable bonds is 4. The monoisotopic (exact) mass is 293 g/mol. The average molecular weight is 293 g/mol. The Morgan fingerprint density at radius 3 is 2.76 bits per heavy atom. The summed E-state index contributed by atoms with van der Waals surface area (Å²) >= 11 is 0. The summed E-state index contributed by atoms with van der Waals surface area (Å²) in [6, 6.07) is 4.89. The minimum atomic E-state index is -0.319. The van der Waals surface area contributed by atoms with Gasteiger partial charge in [-0.25, -0.2) is 4.39 Å². The van der Waals surface area contributed by atoms with Gasteiger partial charge in [0, 0.05) is 18.8 Å². The van der Waals surface area contributed by atoms with E-state index < -0.39 is 0 Å². The molecule has 2 rings (SSSR count). The molecule has 1 amide bonds. The molecule has 0 saturated carbocycles. The molecule has 116 valence electrons. The van der Waals surface area contributed by atoms with E-state index in [9.17, 15) is 9.18 Å². The van der Waals surface area contributed by atoms with Crippen molar-refractivity contribution >= 4 is 17.3 Å². The zero-order valence-corrected chi connectivity index (χ0v) is 12.9. The zero-order valence-electron chi connectivity index (χ0n) is 12.9. The summed E-state index contributed by atoms with van der Waals surface area (Å²) in [5.41, 5.74) is 1.05. The van der Waals surface area contributed by atoms with Crippen LogP contribution >= 0.6 is 0 Å². The first-order valence-electron chi connectivity index (χ1n) is 7.55. The van der Waals surface area contributed by atoms with E-state index in [0.717, 1.165) is 25.8 Å². The van der Waals surface area contributed by atoms with Gasteiger partial charge in [-0.05, 0) is 51.4 Å². The van der Waals surface area contributed by atoms with Crippen LogP contribution in [0.15, 0.2) is 18.2 Å². The van der Waals surface area contributed by atoms with Crippen LogP contribution in [0.4, 0.5) is 15.8 Å². The Morgan fingerprint density at radius 2 is 2.19 bits per heavy atom. The van der Waals surface area contributed by atoms with Crippen molar-refractivity contribution in [2.45, 2.75) is 45.2 Å². The predicted molar refractivity (Wildman–Crippen MR) is 84.2 cm³/mol. The smallest absolute Gasteiger partial charge is 0.241 e. The largest absolute Gasteiger partial charge is 0.370 e. The lowest BCUT2D eigenvalue weighted by Crippen LogP contribution is -2.43. The predicted octanol–water partition coefficient (Wildman–Crippen LogP) is 2.75. The third kappa shape index (κ3) is 3.94. The van der Waals surface area contributed by atoms with E-state index in [2.05, 4.69) is 10.6 Å². The maximum Gasteiger partial charge on any atom is 0.241 e. The van der Waals surface area contributed by atoms with E-state index >= 15 is 0 Å². The van der Waals surface area contributed by atoms with Gasteiger partial charge in [-0.1, -0.05) is 6.42 Å². The molecule has 1 aromatic carbocycles. The Bertz CT molecular complexity index is 498. The average Bonchev–Trinajstić information content (AvgIpc) is 2.47. The van der Waals surface area contributed by atoms with Crippen molar-refractivity contribution in [1.82, 2.24) is 5.32 Å². The molecule has 0 unspecified atom stereocenters. The number of nitrogens with zero attached hydrogens (tertiary/aromatic N) is 1. The van der Waals surface area contributed by atoms with Crippen molar-refractivity contribution in [3.8, 4) is 0 Å². The third-order valence-corrected chi connectivity index (χ3v) is 4.00. The van der Waals surface area contributed by atoms with Crippen LogP contribution < -0.4 is 15.5 Å². The molecule has 1 aliphatic rings. The maximum absolute atomic E-state index is 14.1. The molecule has 1 saturated heterocycles. The van der Waals surface area contributed by atoms with Crippen LogP contribution in [0, 0.1) is 5.82 Å². The molecule has 0 aliphatic carbocycles. The van der Waals surface area contributed by atoms with Crippen LogP contribution in [-0.4, -0.2) is 31.6 Å². The van der Waals surface area contributed by atoms with E-state index in [1.165, 1.54) is 6.07 Å². The second kappa shape index (κ2) is 6.89. The molecule has 1 fully saturated rings. The van der Waals surface area contributed by atoms with Crippen LogP contribution in [0.5, 0.6) is 0 Å². The second-order valence-electron chi connectivity index (χ2n) is 5.86. The number of carbonyl (C=O) groups excluding carboxylic acids is 1. The Balaban J connectivity index is 2.04. The summed E-state index contributed by atoms with van der Waals surface area (Å²) in [4.78, 5) is 14.0. The number of piperidine rings is 1. The highest BCUT2D eigenvalue weighted by Crippen LogP contribution is 2.23. The first kappa shape index (κ1) is 15.8. The minimum absolute atomic E-state index is 0.0842. The molecule has 5 heteroatoms. The molecule has 0 radical (unpaired) electrons. The molecule has 21 heavy (non-hydrogen) atoms. The molecular formula is C16H24FN3O. The summed E-state index contributed by atoms with van der Waals surface area (Å²) in [6.45, 7) is 4.87. The molecule has 4 nitrogen and oxygen atoms in total. The Kier molecular flexibility index (Phi) is 5.17. The van der Waals surface area contributed by atoms with Crippen LogP contribution in [0.3, 0.4) is 0 Å². The lowest BCUT2D eigenvalue weighted by Gasteiger charge is -2.25. The van der Waals surface area contributed by atoms with Crippen molar-refractivity contribution in [2.75, 3.05) is 23.8 Å². The van der Waals surface area contributed by atoms with Gasteiger partial charge in [-0.2, -0.15) is 0 Å². The maximum atomic E-state index is 14.1. The molecule has 0 spiro atoms. The quantitative estimate of drug-likeness (QED) is 0.897. The number of anilines is 2. The number of halogens is 1. The molecular weight excluding hydrogens is 269 g/mol. The highest BCUT2D eigenvalue weighted by atomic mass is 19.1. The summed E-state index contributed by atoms with van der Waals surface area (Å²) in [7, 11) is 1.85. The number of hydrogen-bond acceptors (Lipinski definition) is 3. The Labute approximate surface area is 125 Å². The fourth-order valence-electron chi connectivity index (χ4n) is 2.45. The van der Waals surface area contributed by atoms with Crippen LogP contribution in [0.25, 0.3) is 0 Å². The first-order valence-corrected chi connectivity index (χ1v) is 7.55. The second-order valence-corrected chi connectivity index (χ2v) is 5.86. The molecule has 1 heterocycles. The molecule has 1 atom stereocenters. The van der Waals surface area contributed by atoms with Gasteiger partial charge in [-0.3, -0.25) is 4.79 Å². The first-order chi connectivity index (χ1) is 9.99. The molecule has 1 aliphatic heterocycles. The van der Waals surface area contributed by atoms with Gasteiger partial charge < -0.3 is 15.5 Å². The number of nitrogens with one attached hydrogen (secondary N) is 2. The van der Waals surface area contributed by atoms with Crippen molar-refractivity contribution < 1.29 is 9.18 Å². The van der Waals surface area contributed by atoms with Gasteiger partial charge >= 0.3 is 0 Å². The summed E-state index contributed by atoms with van der Waals surface area (Å²) in [5.74, 6) is -0.403. The molecule has 1 aromatic rings. The molecule has 0 aromatic heterocycles. The van der Waals surface area contributed by atoms with Gasteiger partial charge in [0.25, 0.3) is 0 Å².